The molecular formula is C12H12BrFN2O2S2. The molecule has 0 aliphatic heterocycles. The summed E-state index contributed by atoms with van der Waals surface area (Å²) in [7, 11) is -3.70. The SMILES string of the molecule is Cc1sc(CN)cc1S(=O)(=O)Nc1ccc(F)c(Br)c1. The number of benzene rings is 1. The fourth-order valence-corrected chi connectivity index (χ4v) is 4.60. The highest BCUT2D eigenvalue weighted by Gasteiger charge is 2.20. The van der Waals surface area contributed by atoms with Crippen molar-refractivity contribution < 1.29 is 12.8 Å². The van der Waals surface area contributed by atoms with Crippen LogP contribution in [-0.2, 0) is 16.6 Å². The van der Waals surface area contributed by atoms with Crippen molar-refractivity contribution in [3.63, 3.8) is 0 Å². The number of anilines is 1. The molecule has 8 heteroatoms. The van der Waals surface area contributed by atoms with Gasteiger partial charge in [0.15, 0.2) is 0 Å². The number of sulfonamides is 1. The van der Waals surface area contributed by atoms with E-state index in [0.717, 1.165) is 4.88 Å². The highest BCUT2D eigenvalue weighted by Crippen LogP contribution is 2.28. The first kappa shape index (κ1) is 15.4. The Balaban J connectivity index is 2.35. The molecule has 2 rings (SSSR count). The van der Waals surface area contributed by atoms with E-state index >= 15 is 0 Å². The standard InChI is InChI=1S/C12H12BrFN2O2S2/c1-7-12(5-9(6-15)19-7)20(17,18)16-8-2-3-11(14)10(13)4-8/h2-5,16H,6,15H2,1H3. The summed E-state index contributed by atoms with van der Waals surface area (Å²) >= 11 is 4.36. The van der Waals surface area contributed by atoms with Crippen LogP contribution in [0, 0.1) is 12.7 Å². The van der Waals surface area contributed by atoms with E-state index in [1.807, 2.05) is 0 Å². The van der Waals surface area contributed by atoms with Gasteiger partial charge < -0.3 is 5.73 Å². The van der Waals surface area contributed by atoms with Gasteiger partial charge in [-0.15, -0.1) is 11.3 Å². The summed E-state index contributed by atoms with van der Waals surface area (Å²) in [4.78, 5) is 1.66. The van der Waals surface area contributed by atoms with E-state index in [2.05, 4.69) is 20.7 Å². The lowest BCUT2D eigenvalue weighted by molar-refractivity contribution is 0.600. The van der Waals surface area contributed by atoms with Crippen molar-refractivity contribution in [2.45, 2.75) is 18.4 Å². The van der Waals surface area contributed by atoms with E-state index in [-0.39, 0.29) is 15.1 Å². The summed E-state index contributed by atoms with van der Waals surface area (Å²) in [5.41, 5.74) is 5.80. The Morgan fingerprint density at radius 3 is 2.65 bits per heavy atom. The van der Waals surface area contributed by atoms with E-state index in [1.165, 1.54) is 29.5 Å². The normalized spacial score (nSPS) is 11.6. The van der Waals surface area contributed by atoms with E-state index in [0.29, 0.717) is 11.4 Å². The van der Waals surface area contributed by atoms with Crippen molar-refractivity contribution in [1.82, 2.24) is 0 Å². The van der Waals surface area contributed by atoms with Crippen molar-refractivity contribution in [2.75, 3.05) is 4.72 Å². The van der Waals surface area contributed by atoms with Crippen LogP contribution in [-0.4, -0.2) is 8.42 Å². The monoisotopic (exact) mass is 378 g/mol. The molecule has 0 atom stereocenters. The molecule has 20 heavy (non-hydrogen) atoms. The smallest absolute Gasteiger partial charge is 0.263 e. The molecule has 1 heterocycles. The molecular weight excluding hydrogens is 367 g/mol. The minimum absolute atomic E-state index is 0.197. The quantitative estimate of drug-likeness (QED) is 0.857. The third-order valence-corrected chi connectivity index (χ3v) is 5.90. The molecule has 0 amide bonds. The summed E-state index contributed by atoms with van der Waals surface area (Å²) in [5, 5.41) is 0. The van der Waals surface area contributed by atoms with Gasteiger partial charge in [0.05, 0.1) is 10.2 Å². The number of nitrogens with two attached hydrogens (primary N) is 1. The van der Waals surface area contributed by atoms with Crippen LogP contribution >= 0.6 is 27.3 Å². The number of hydrogen-bond acceptors (Lipinski definition) is 4. The molecule has 0 spiro atoms. The van der Waals surface area contributed by atoms with Gasteiger partial charge in [0, 0.05) is 16.3 Å². The number of hydrogen-bond donors (Lipinski definition) is 2. The van der Waals surface area contributed by atoms with E-state index in [1.54, 1.807) is 13.0 Å². The van der Waals surface area contributed by atoms with Crippen molar-refractivity contribution in [1.29, 1.82) is 0 Å². The number of nitrogens with one attached hydrogen (secondary N) is 1. The van der Waals surface area contributed by atoms with Crippen molar-refractivity contribution >= 4 is 43.0 Å². The zero-order valence-corrected chi connectivity index (χ0v) is 13.7. The Labute approximate surface area is 129 Å². The molecule has 2 aromatic rings. The molecule has 0 fully saturated rings. The Morgan fingerprint density at radius 2 is 2.10 bits per heavy atom. The van der Waals surface area contributed by atoms with Crippen LogP contribution < -0.4 is 10.5 Å². The lowest BCUT2D eigenvalue weighted by Gasteiger charge is -2.08. The Morgan fingerprint density at radius 1 is 1.40 bits per heavy atom. The fraction of sp³-hybridized carbons (Fsp3) is 0.167. The Hall–Kier alpha value is -0.960. The second-order valence-corrected chi connectivity index (χ2v) is 7.92. The maximum absolute atomic E-state index is 13.1. The van der Waals surface area contributed by atoms with Crippen molar-refractivity contribution in [3.05, 3.63) is 44.3 Å². The van der Waals surface area contributed by atoms with Crippen LogP contribution in [0.2, 0.25) is 0 Å². The molecule has 0 saturated carbocycles. The number of halogens is 2. The summed E-state index contributed by atoms with van der Waals surface area (Å²) in [6.45, 7) is 2.02. The number of rotatable bonds is 4. The van der Waals surface area contributed by atoms with Gasteiger partial charge in [0.1, 0.15) is 10.7 Å². The van der Waals surface area contributed by atoms with Crippen LogP contribution in [0.4, 0.5) is 10.1 Å². The third kappa shape index (κ3) is 3.20. The third-order valence-electron chi connectivity index (χ3n) is 2.59. The zero-order chi connectivity index (χ0) is 14.9. The van der Waals surface area contributed by atoms with Gasteiger partial charge in [-0.2, -0.15) is 0 Å². The molecule has 1 aromatic heterocycles. The average molecular weight is 379 g/mol. The minimum atomic E-state index is -3.70. The molecule has 108 valence electrons. The van der Waals surface area contributed by atoms with Gasteiger partial charge in [0.2, 0.25) is 0 Å². The maximum Gasteiger partial charge on any atom is 0.263 e. The molecule has 0 aliphatic carbocycles. The van der Waals surface area contributed by atoms with Gasteiger partial charge >= 0.3 is 0 Å². The molecule has 0 radical (unpaired) electrons. The van der Waals surface area contributed by atoms with Crippen molar-refractivity contribution in [2.24, 2.45) is 5.73 Å². The van der Waals surface area contributed by atoms with E-state index < -0.39 is 15.8 Å². The summed E-state index contributed by atoms with van der Waals surface area (Å²) in [6.07, 6.45) is 0. The Kier molecular flexibility index (Phi) is 4.48. The van der Waals surface area contributed by atoms with Crippen LogP contribution in [0.3, 0.4) is 0 Å². The van der Waals surface area contributed by atoms with Gasteiger partial charge in [-0.1, -0.05) is 0 Å². The molecule has 0 saturated heterocycles. The molecule has 4 nitrogen and oxygen atoms in total. The Bertz CT molecular complexity index is 744. The second kappa shape index (κ2) is 5.80. The highest BCUT2D eigenvalue weighted by molar-refractivity contribution is 9.10. The summed E-state index contributed by atoms with van der Waals surface area (Å²) < 4.78 is 40.3. The van der Waals surface area contributed by atoms with E-state index in [9.17, 15) is 12.8 Å². The molecule has 3 N–H and O–H groups in total. The first-order valence-electron chi connectivity index (χ1n) is 5.60. The van der Waals surface area contributed by atoms with Gasteiger partial charge in [-0.3, -0.25) is 4.72 Å². The molecule has 0 bridgehead atoms. The fourth-order valence-electron chi connectivity index (χ4n) is 1.66. The first-order chi connectivity index (χ1) is 9.33. The maximum atomic E-state index is 13.1. The highest BCUT2D eigenvalue weighted by atomic mass is 79.9. The lowest BCUT2D eigenvalue weighted by atomic mass is 10.3. The molecule has 0 aliphatic rings. The van der Waals surface area contributed by atoms with Gasteiger partial charge in [-0.25, -0.2) is 12.8 Å². The van der Waals surface area contributed by atoms with Crippen LogP contribution in [0.5, 0.6) is 0 Å². The van der Waals surface area contributed by atoms with Crippen LogP contribution in [0.1, 0.15) is 9.75 Å². The largest absolute Gasteiger partial charge is 0.326 e. The predicted molar refractivity (Wildman–Crippen MR) is 81.9 cm³/mol. The van der Waals surface area contributed by atoms with Crippen LogP contribution in [0.15, 0.2) is 33.6 Å². The minimum Gasteiger partial charge on any atom is -0.326 e. The number of aryl methyl sites for hydroxylation is 1. The van der Waals surface area contributed by atoms with Crippen molar-refractivity contribution in [3.8, 4) is 0 Å². The zero-order valence-electron chi connectivity index (χ0n) is 10.5. The molecule has 1 aromatic carbocycles. The summed E-state index contributed by atoms with van der Waals surface area (Å²) in [6, 6.07) is 5.48. The van der Waals surface area contributed by atoms with E-state index in [4.69, 9.17) is 5.73 Å². The van der Waals surface area contributed by atoms with Crippen LogP contribution in [0.25, 0.3) is 0 Å². The summed E-state index contributed by atoms with van der Waals surface area (Å²) in [5.74, 6) is -0.454. The second-order valence-electron chi connectivity index (χ2n) is 4.07. The lowest BCUT2D eigenvalue weighted by Crippen LogP contribution is -2.13. The predicted octanol–water partition coefficient (Wildman–Crippen LogP) is 3.22. The van der Waals surface area contributed by atoms with Gasteiger partial charge in [0.25, 0.3) is 10.0 Å². The first-order valence-corrected chi connectivity index (χ1v) is 8.70. The topological polar surface area (TPSA) is 72.2 Å². The average Bonchev–Trinajstić information content (AvgIpc) is 2.76. The number of thiophene rings is 1. The molecule has 0 unspecified atom stereocenters. The van der Waals surface area contributed by atoms with Gasteiger partial charge in [-0.05, 0) is 47.1 Å².